The van der Waals surface area contributed by atoms with Crippen molar-refractivity contribution in [3.63, 3.8) is 0 Å². The molecule has 3 rings (SSSR count). The molecule has 0 aromatic heterocycles. The maximum absolute atomic E-state index is 13.0. The highest BCUT2D eigenvalue weighted by atomic mass is 32.2. The number of carbonyl (C=O) groups is 2. The molecule has 2 heterocycles. The van der Waals surface area contributed by atoms with E-state index in [-0.39, 0.29) is 29.8 Å². The highest BCUT2D eigenvalue weighted by Crippen LogP contribution is 2.32. The fourth-order valence-corrected chi connectivity index (χ4v) is 5.60. The molecule has 2 aliphatic rings. The van der Waals surface area contributed by atoms with Gasteiger partial charge in [-0.2, -0.15) is 4.31 Å². The first-order valence-electron chi connectivity index (χ1n) is 9.94. The summed E-state index contributed by atoms with van der Waals surface area (Å²) >= 11 is 0. The number of carbonyl (C=O) groups excluding carboxylic acids is 2. The Morgan fingerprint density at radius 3 is 2.23 bits per heavy atom. The Hall–Kier alpha value is -2.33. The molecule has 0 spiro atoms. The first-order valence-corrected chi connectivity index (χ1v) is 11.4. The number of rotatable bonds is 6. The van der Waals surface area contributed by atoms with Gasteiger partial charge in [0.1, 0.15) is 6.04 Å². The van der Waals surface area contributed by atoms with Gasteiger partial charge < -0.3 is 19.1 Å². The van der Waals surface area contributed by atoms with E-state index >= 15 is 0 Å². The zero-order valence-corrected chi connectivity index (χ0v) is 18.3. The summed E-state index contributed by atoms with van der Waals surface area (Å²) in [5, 5.41) is 0. The minimum absolute atomic E-state index is 0.0916. The number of hydrogen-bond donors (Lipinski definition) is 0. The Bertz CT molecular complexity index is 894. The van der Waals surface area contributed by atoms with Gasteiger partial charge in [-0.15, -0.1) is 0 Å². The van der Waals surface area contributed by atoms with Crippen molar-refractivity contribution in [1.82, 2.24) is 9.21 Å². The second-order valence-electron chi connectivity index (χ2n) is 7.41. The SMILES string of the molecule is COC(=O)C1CCCN1C(=O)C1CCN(S(=O)(=O)c2ccc(OC)c(OC)c2)CC1. The topological polar surface area (TPSA) is 102 Å². The zero-order chi connectivity index (χ0) is 21.9. The molecule has 2 aliphatic heterocycles. The summed E-state index contributed by atoms with van der Waals surface area (Å²) < 4.78 is 42.7. The Kier molecular flexibility index (Phi) is 6.87. The predicted molar refractivity (Wildman–Crippen MR) is 108 cm³/mol. The van der Waals surface area contributed by atoms with Crippen molar-refractivity contribution in [2.24, 2.45) is 5.92 Å². The molecule has 0 aliphatic carbocycles. The average Bonchev–Trinajstić information content (AvgIpc) is 3.27. The third kappa shape index (κ3) is 4.24. The van der Waals surface area contributed by atoms with Crippen molar-refractivity contribution >= 4 is 21.9 Å². The van der Waals surface area contributed by atoms with Crippen LogP contribution in [0.1, 0.15) is 25.7 Å². The highest BCUT2D eigenvalue weighted by Gasteiger charge is 2.40. The van der Waals surface area contributed by atoms with Gasteiger partial charge in [0.15, 0.2) is 11.5 Å². The first-order chi connectivity index (χ1) is 14.3. The Balaban J connectivity index is 1.67. The van der Waals surface area contributed by atoms with Crippen LogP contribution in [0.15, 0.2) is 23.1 Å². The maximum Gasteiger partial charge on any atom is 0.328 e. The number of benzene rings is 1. The largest absolute Gasteiger partial charge is 0.493 e. The molecule has 2 fully saturated rings. The van der Waals surface area contributed by atoms with E-state index in [2.05, 4.69) is 0 Å². The number of methoxy groups -OCH3 is 3. The highest BCUT2D eigenvalue weighted by molar-refractivity contribution is 7.89. The molecule has 9 nitrogen and oxygen atoms in total. The van der Waals surface area contributed by atoms with Crippen LogP contribution in [0.5, 0.6) is 11.5 Å². The minimum Gasteiger partial charge on any atom is -0.493 e. The van der Waals surface area contributed by atoms with Gasteiger partial charge in [0.05, 0.1) is 26.2 Å². The van der Waals surface area contributed by atoms with Gasteiger partial charge in [-0.1, -0.05) is 0 Å². The molecule has 1 unspecified atom stereocenters. The van der Waals surface area contributed by atoms with Crippen LogP contribution in [0.3, 0.4) is 0 Å². The summed E-state index contributed by atoms with van der Waals surface area (Å²) in [7, 11) is 0.538. The standard InChI is InChI=1S/C20H28N2O7S/c1-27-17-7-6-15(13-18(17)28-2)30(25,26)21-11-8-14(9-12-21)19(23)22-10-4-5-16(22)20(24)29-3/h6-7,13-14,16H,4-5,8-12H2,1-3H3. The van der Waals surface area contributed by atoms with Gasteiger partial charge in [-0.3, -0.25) is 4.79 Å². The van der Waals surface area contributed by atoms with Crippen LogP contribution in [0, 0.1) is 5.92 Å². The molecule has 30 heavy (non-hydrogen) atoms. The van der Waals surface area contributed by atoms with E-state index in [0.29, 0.717) is 37.3 Å². The third-order valence-corrected chi connectivity index (χ3v) is 7.70. The normalized spacial score (nSPS) is 20.8. The van der Waals surface area contributed by atoms with Crippen LogP contribution in [0.2, 0.25) is 0 Å². The molecule has 0 bridgehead atoms. The molecule has 1 aromatic carbocycles. The number of hydrogen-bond acceptors (Lipinski definition) is 7. The molecular formula is C20H28N2O7S. The molecule has 1 amide bonds. The molecule has 10 heteroatoms. The van der Waals surface area contributed by atoms with E-state index in [1.54, 1.807) is 11.0 Å². The lowest BCUT2D eigenvalue weighted by Gasteiger charge is -2.33. The van der Waals surface area contributed by atoms with Crippen molar-refractivity contribution in [1.29, 1.82) is 0 Å². The number of ether oxygens (including phenoxy) is 3. The Morgan fingerprint density at radius 1 is 0.967 bits per heavy atom. The number of nitrogens with zero attached hydrogens (tertiary/aromatic N) is 2. The zero-order valence-electron chi connectivity index (χ0n) is 17.5. The number of likely N-dealkylation sites (tertiary alicyclic amines) is 1. The van der Waals surface area contributed by atoms with Crippen molar-refractivity contribution in [2.75, 3.05) is 41.0 Å². The first kappa shape index (κ1) is 22.4. The van der Waals surface area contributed by atoms with Crippen LogP contribution in [0.4, 0.5) is 0 Å². The predicted octanol–water partition coefficient (Wildman–Crippen LogP) is 1.27. The van der Waals surface area contributed by atoms with E-state index in [1.807, 2.05) is 0 Å². The summed E-state index contributed by atoms with van der Waals surface area (Å²) in [4.78, 5) is 26.6. The quantitative estimate of drug-likeness (QED) is 0.614. The van der Waals surface area contributed by atoms with Crippen molar-refractivity contribution in [2.45, 2.75) is 36.6 Å². The van der Waals surface area contributed by atoms with Gasteiger partial charge >= 0.3 is 5.97 Å². The average molecular weight is 441 g/mol. The van der Waals surface area contributed by atoms with E-state index in [9.17, 15) is 18.0 Å². The Labute approximate surface area is 176 Å². The van der Waals surface area contributed by atoms with Gasteiger partial charge in [0.25, 0.3) is 0 Å². The fourth-order valence-electron chi connectivity index (χ4n) is 4.12. The molecule has 1 aromatic rings. The third-order valence-electron chi connectivity index (χ3n) is 5.81. The van der Waals surface area contributed by atoms with Crippen LogP contribution >= 0.6 is 0 Å². The molecule has 0 radical (unpaired) electrons. The van der Waals surface area contributed by atoms with Gasteiger partial charge in [0.2, 0.25) is 15.9 Å². The van der Waals surface area contributed by atoms with Crippen molar-refractivity contribution < 1.29 is 32.2 Å². The summed E-state index contributed by atoms with van der Waals surface area (Å²) in [5.74, 6) is 0.00513. The summed E-state index contributed by atoms with van der Waals surface area (Å²) in [5.41, 5.74) is 0. The lowest BCUT2D eigenvalue weighted by Crippen LogP contribution is -2.47. The van der Waals surface area contributed by atoms with Gasteiger partial charge in [0, 0.05) is 31.6 Å². The van der Waals surface area contributed by atoms with Gasteiger partial charge in [-0.25, -0.2) is 13.2 Å². The summed E-state index contributed by atoms with van der Waals surface area (Å²) in [6, 6.07) is 3.95. The van der Waals surface area contributed by atoms with E-state index in [4.69, 9.17) is 14.2 Å². The molecule has 2 saturated heterocycles. The van der Waals surface area contributed by atoms with E-state index in [0.717, 1.165) is 6.42 Å². The van der Waals surface area contributed by atoms with E-state index in [1.165, 1.54) is 37.8 Å². The summed E-state index contributed by atoms with van der Waals surface area (Å²) in [6.45, 7) is 1.01. The lowest BCUT2D eigenvalue weighted by atomic mass is 9.96. The van der Waals surface area contributed by atoms with E-state index < -0.39 is 22.0 Å². The molecule has 166 valence electrons. The van der Waals surface area contributed by atoms with Crippen molar-refractivity contribution in [3.8, 4) is 11.5 Å². The molecule has 0 N–H and O–H groups in total. The minimum atomic E-state index is -3.72. The monoisotopic (exact) mass is 440 g/mol. The maximum atomic E-state index is 13.0. The lowest BCUT2D eigenvalue weighted by molar-refractivity contribution is -0.152. The van der Waals surface area contributed by atoms with Crippen molar-refractivity contribution in [3.05, 3.63) is 18.2 Å². The second-order valence-corrected chi connectivity index (χ2v) is 9.35. The van der Waals surface area contributed by atoms with Crippen LogP contribution in [-0.2, 0) is 24.3 Å². The number of piperidine rings is 1. The molecule has 1 atom stereocenters. The smallest absolute Gasteiger partial charge is 0.328 e. The fraction of sp³-hybridized carbons (Fsp3) is 0.600. The number of esters is 1. The molecular weight excluding hydrogens is 412 g/mol. The number of amides is 1. The Morgan fingerprint density at radius 2 is 1.63 bits per heavy atom. The summed E-state index contributed by atoms with van der Waals surface area (Å²) in [6.07, 6.45) is 2.19. The van der Waals surface area contributed by atoms with Crippen LogP contribution in [-0.4, -0.2) is 76.5 Å². The number of sulfonamides is 1. The van der Waals surface area contributed by atoms with Crippen LogP contribution in [0.25, 0.3) is 0 Å². The molecule has 0 saturated carbocycles. The van der Waals surface area contributed by atoms with Gasteiger partial charge in [-0.05, 0) is 37.8 Å². The van der Waals surface area contributed by atoms with Crippen LogP contribution < -0.4 is 9.47 Å². The second kappa shape index (κ2) is 9.22.